The third-order valence-corrected chi connectivity index (χ3v) is 8.41. The predicted octanol–water partition coefficient (Wildman–Crippen LogP) is 3.96. The Hall–Kier alpha value is -2.86. The van der Waals surface area contributed by atoms with Crippen LogP contribution in [0.4, 0.5) is 0 Å². The lowest BCUT2D eigenvalue weighted by Gasteiger charge is -2.43. The Morgan fingerprint density at radius 3 is 2.67 bits per heavy atom. The number of ether oxygens (including phenoxy) is 1. The lowest BCUT2D eigenvalue weighted by atomic mass is 9.86. The van der Waals surface area contributed by atoms with Crippen molar-refractivity contribution in [1.29, 1.82) is 0 Å². The van der Waals surface area contributed by atoms with Gasteiger partial charge in [-0.2, -0.15) is 0 Å². The van der Waals surface area contributed by atoms with Crippen molar-refractivity contribution in [3.63, 3.8) is 0 Å². The van der Waals surface area contributed by atoms with Crippen LogP contribution in [0.5, 0.6) is 5.75 Å². The molecular formula is C28H37N3O4S. The standard InChI is InChI=1S/C28H37N3O4S/c1-6-9-17-29-26-19-21-18-23(35-5)14-16-25(21)28(31(26)27(32)8-3)20(4)13-15-24(7-2)36(33,34)30-22-11-10-12-22/h3,7,13-16,18,22,26,28-30H,4,6,9-12,17,19H2,1-2,5H3/b15-13-,24-7+/t26-,28+/m1/s1. The molecule has 2 aliphatic rings. The maximum atomic E-state index is 13.0. The van der Waals surface area contributed by atoms with Crippen LogP contribution in [0.1, 0.15) is 63.1 Å². The van der Waals surface area contributed by atoms with E-state index in [4.69, 9.17) is 11.2 Å². The van der Waals surface area contributed by atoms with E-state index >= 15 is 0 Å². The Morgan fingerprint density at radius 2 is 2.08 bits per heavy atom. The molecule has 1 aromatic rings. The first-order valence-electron chi connectivity index (χ1n) is 12.5. The lowest BCUT2D eigenvalue weighted by Crippen LogP contribution is -2.54. The van der Waals surface area contributed by atoms with E-state index in [-0.39, 0.29) is 17.1 Å². The van der Waals surface area contributed by atoms with Gasteiger partial charge in [0.25, 0.3) is 5.91 Å². The molecule has 1 aliphatic heterocycles. The van der Waals surface area contributed by atoms with E-state index in [1.165, 1.54) is 0 Å². The SMILES string of the molecule is C#CC(=O)N1[C@@H](NCCCC)Cc2cc(OC)ccc2[C@@H]1C(=C)/C=C\C(=C/C)S(=O)(=O)NC1CCC1. The van der Waals surface area contributed by atoms with E-state index in [2.05, 4.69) is 29.5 Å². The molecule has 0 aromatic heterocycles. The molecule has 1 saturated carbocycles. The average molecular weight is 512 g/mol. The first-order chi connectivity index (χ1) is 17.2. The third-order valence-electron chi connectivity index (χ3n) is 6.77. The van der Waals surface area contributed by atoms with Crippen LogP contribution in [0.15, 0.2) is 53.5 Å². The summed E-state index contributed by atoms with van der Waals surface area (Å²) in [5, 5.41) is 3.47. The summed E-state index contributed by atoms with van der Waals surface area (Å²) < 4.78 is 33.9. The van der Waals surface area contributed by atoms with Crippen molar-refractivity contribution in [3.8, 4) is 18.1 Å². The van der Waals surface area contributed by atoms with Crippen molar-refractivity contribution in [2.75, 3.05) is 13.7 Å². The molecule has 0 spiro atoms. The number of methoxy groups -OCH3 is 1. The molecule has 1 fully saturated rings. The number of fused-ring (bicyclic) bond motifs is 1. The smallest absolute Gasteiger partial charge is 0.300 e. The van der Waals surface area contributed by atoms with E-state index in [1.54, 1.807) is 37.2 Å². The number of benzene rings is 1. The van der Waals surface area contributed by atoms with Gasteiger partial charge < -0.3 is 9.64 Å². The number of sulfonamides is 1. The van der Waals surface area contributed by atoms with Gasteiger partial charge in [-0.1, -0.05) is 44.6 Å². The van der Waals surface area contributed by atoms with Crippen molar-refractivity contribution in [2.45, 2.75) is 70.6 Å². The summed E-state index contributed by atoms with van der Waals surface area (Å²) >= 11 is 0. The predicted molar refractivity (Wildman–Crippen MR) is 144 cm³/mol. The van der Waals surface area contributed by atoms with Gasteiger partial charge in [-0.15, -0.1) is 6.42 Å². The molecule has 1 aliphatic carbocycles. The van der Waals surface area contributed by atoms with E-state index in [0.717, 1.165) is 55.5 Å². The molecule has 0 bridgehead atoms. The summed E-state index contributed by atoms with van der Waals surface area (Å²) in [6.45, 7) is 8.77. The fourth-order valence-corrected chi connectivity index (χ4v) is 5.92. The lowest BCUT2D eigenvalue weighted by molar-refractivity contribution is -0.130. The molecule has 36 heavy (non-hydrogen) atoms. The maximum Gasteiger partial charge on any atom is 0.300 e. The number of rotatable bonds is 11. The molecule has 8 heteroatoms. The van der Waals surface area contributed by atoms with Crippen molar-refractivity contribution >= 4 is 15.9 Å². The fourth-order valence-electron chi connectivity index (χ4n) is 4.55. The molecule has 1 heterocycles. The minimum absolute atomic E-state index is 0.0135. The topological polar surface area (TPSA) is 87.7 Å². The van der Waals surface area contributed by atoms with Gasteiger partial charge in [0.2, 0.25) is 10.0 Å². The molecule has 2 atom stereocenters. The molecule has 0 radical (unpaired) electrons. The highest BCUT2D eigenvalue weighted by atomic mass is 32.2. The molecule has 194 valence electrons. The zero-order valence-electron chi connectivity index (χ0n) is 21.4. The van der Waals surface area contributed by atoms with Crippen molar-refractivity contribution in [3.05, 3.63) is 64.6 Å². The zero-order chi connectivity index (χ0) is 26.3. The highest BCUT2D eigenvalue weighted by Crippen LogP contribution is 2.39. The van der Waals surface area contributed by atoms with Crippen LogP contribution in [0, 0.1) is 12.3 Å². The summed E-state index contributed by atoms with van der Waals surface area (Å²) in [4.78, 5) is 14.8. The van der Waals surface area contributed by atoms with Gasteiger partial charge in [-0.05, 0) is 73.6 Å². The van der Waals surface area contributed by atoms with Crippen LogP contribution in [-0.4, -0.2) is 45.1 Å². The van der Waals surface area contributed by atoms with E-state index in [1.807, 2.05) is 18.2 Å². The Bertz CT molecular complexity index is 1180. The Balaban J connectivity index is 1.97. The summed E-state index contributed by atoms with van der Waals surface area (Å²) in [5.74, 6) is 2.54. The number of unbranched alkanes of at least 4 members (excludes halogenated alkanes) is 1. The molecule has 0 unspecified atom stereocenters. The highest BCUT2D eigenvalue weighted by molar-refractivity contribution is 7.93. The largest absolute Gasteiger partial charge is 0.497 e. The number of allylic oxidation sites excluding steroid dienone is 2. The second-order valence-corrected chi connectivity index (χ2v) is 10.9. The molecule has 1 aromatic carbocycles. The van der Waals surface area contributed by atoms with E-state index in [0.29, 0.717) is 12.0 Å². The second kappa shape index (κ2) is 12.4. The van der Waals surface area contributed by atoms with Crippen LogP contribution in [0.2, 0.25) is 0 Å². The normalized spacial score (nSPS) is 20.5. The quantitative estimate of drug-likeness (QED) is 0.267. The van der Waals surface area contributed by atoms with Crippen LogP contribution in [0.3, 0.4) is 0 Å². The highest BCUT2D eigenvalue weighted by Gasteiger charge is 2.38. The minimum atomic E-state index is -3.65. The number of nitrogens with one attached hydrogen (secondary N) is 2. The van der Waals surface area contributed by atoms with Crippen LogP contribution >= 0.6 is 0 Å². The van der Waals surface area contributed by atoms with Gasteiger partial charge >= 0.3 is 0 Å². The Morgan fingerprint density at radius 1 is 1.33 bits per heavy atom. The van der Waals surface area contributed by atoms with Crippen molar-refractivity contribution in [1.82, 2.24) is 14.9 Å². The fraction of sp³-hybridized carbons (Fsp3) is 0.464. The number of hydrogen-bond acceptors (Lipinski definition) is 5. The first-order valence-corrected chi connectivity index (χ1v) is 14.0. The number of carbonyl (C=O) groups is 1. The van der Waals surface area contributed by atoms with Crippen molar-refractivity contribution < 1.29 is 17.9 Å². The Labute approximate surface area is 215 Å². The van der Waals surface area contributed by atoms with Crippen molar-refractivity contribution in [2.24, 2.45) is 0 Å². The molecule has 2 N–H and O–H groups in total. The molecule has 0 saturated heterocycles. The van der Waals surface area contributed by atoms with Gasteiger partial charge in [-0.25, -0.2) is 13.1 Å². The van der Waals surface area contributed by atoms with Gasteiger partial charge in [0.05, 0.1) is 24.2 Å². The van der Waals surface area contributed by atoms with E-state index in [9.17, 15) is 13.2 Å². The Kier molecular flexibility index (Phi) is 9.55. The van der Waals surface area contributed by atoms with Gasteiger partial charge in [0.15, 0.2) is 0 Å². The summed E-state index contributed by atoms with van der Waals surface area (Å²) in [6.07, 6.45) is 15.3. The minimum Gasteiger partial charge on any atom is -0.497 e. The number of terminal acetylenes is 1. The first kappa shape index (κ1) is 27.7. The number of amides is 1. The van der Waals surface area contributed by atoms with Gasteiger partial charge in [0.1, 0.15) is 5.75 Å². The summed E-state index contributed by atoms with van der Waals surface area (Å²) in [6, 6.07) is 5.16. The maximum absolute atomic E-state index is 13.0. The number of carbonyl (C=O) groups excluding carboxylic acids is 1. The number of hydrogen-bond donors (Lipinski definition) is 2. The van der Waals surface area contributed by atoms with Gasteiger partial charge in [-0.3, -0.25) is 10.1 Å². The summed E-state index contributed by atoms with van der Waals surface area (Å²) in [5.41, 5.74) is 2.47. The van der Waals surface area contributed by atoms with E-state index < -0.39 is 22.0 Å². The van der Waals surface area contributed by atoms with Crippen LogP contribution < -0.4 is 14.8 Å². The van der Waals surface area contributed by atoms with Crippen LogP contribution in [-0.2, 0) is 21.2 Å². The number of nitrogens with zero attached hydrogens (tertiary/aromatic N) is 1. The zero-order valence-corrected chi connectivity index (χ0v) is 22.2. The molecule has 1 amide bonds. The molecule has 7 nitrogen and oxygen atoms in total. The average Bonchev–Trinajstić information content (AvgIpc) is 2.84. The molecule has 3 rings (SSSR count). The van der Waals surface area contributed by atoms with Crippen LogP contribution in [0.25, 0.3) is 0 Å². The monoisotopic (exact) mass is 511 g/mol. The second-order valence-electron chi connectivity index (χ2n) is 9.20. The third kappa shape index (κ3) is 6.28. The van der Waals surface area contributed by atoms with Gasteiger partial charge in [0, 0.05) is 12.5 Å². The summed E-state index contributed by atoms with van der Waals surface area (Å²) in [7, 11) is -2.03. The molecular weight excluding hydrogens is 474 g/mol.